The van der Waals surface area contributed by atoms with Crippen LogP contribution < -0.4 is 4.90 Å². The Kier molecular flexibility index (Phi) is 5.66. The molecule has 8 aromatic rings. The first-order chi connectivity index (χ1) is 22.8. The first-order valence-corrected chi connectivity index (χ1v) is 17.5. The Morgan fingerprint density at radius 3 is 2.20 bits per heavy atom. The van der Waals surface area contributed by atoms with Gasteiger partial charge in [-0.25, -0.2) is 9.98 Å². The lowest BCUT2D eigenvalue weighted by Crippen LogP contribution is -2.28. The van der Waals surface area contributed by atoms with Crippen LogP contribution >= 0.6 is 20.7 Å². The minimum atomic E-state index is -0.809. The van der Waals surface area contributed by atoms with Crippen LogP contribution in [0.3, 0.4) is 0 Å². The lowest BCUT2D eigenvalue weighted by Gasteiger charge is -2.34. The molecule has 0 unspecified atom stereocenters. The molecule has 10 rings (SSSR count). The number of anilines is 2. The zero-order chi connectivity index (χ0) is 30.2. The first-order valence-electron chi connectivity index (χ1n) is 15.3. The summed E-state index contributed by atoms with van der Waals surface area (Å²) in [7, 11) is 0. The topological polar surface area (TPSA) is 41.1 Å². The molecule has 0 radical (unpaired) electrons. The summed E-state index contributed by atoms with van der Waals surface area (Å²) in [6.07, 6.45) is 0. The Balaban J connectivity index is 1.26. The monoisotopic (exact) mass is 701 g/mol. The summed E-state index contributed by atoms with van der Waals surface area (Å²) in [5.74, 6) is 0.738. The van der Waals surface area contributed by atoms with Crippen molar-refractivity contribution in [3.8, 4) is 11.1 Å². The van der Waals surface area contributed by atoms with E-state index in [9.17, 15) is 0 Å². The van der Waals surface area contributed by atoms with E-state index in [2.05, 4.69) is 132 Å². The molecule has 4 nitrogen and oxygen atoms in total. The van der Waals surface area contributed by atoms with Crippen LogP contribution in [0.25, 0.3) is 54.6 Å². The zero-order valence-electron chi connectivity index (χ0n) is 24.5. The van der Waals surface area contributed by atoms with E-state index in [0.717, 1.165) is 46.4 Å². The maximum atomic E-state index is 6.18. The summed E-state index contributed by atoms with van der Waals surface area (Å²) < 4.78 is 8.32. The van der Waals surface area contributed by atoms with Crippen LogP contribution in [-0.2, 0) is 0 Å². The Morgan fingerprint density at radius 2 is 1.28 bits per heavy atom. The van der Waals surface area contributed by atoms with E-state index in [-0.39, 0.29) is 0 Å². The molecule has 0 amide bonds. The summed E-state index contributed by atoms with van der Waals surface area (Å²) >= 11 is -0.809. The molecule has 0 N–H and O–H groups in total. The van der Waals surface area contributed by atoms with Gasteiger partial charge in [-0.05, 0) is 67.4 Å². The van der Waals surface area contributed by atoms with Gasteiger partial charge in [-0.3, -0.25) is 4.90 Å². The number of halogens is 1. The van der Waals surface area contributed by atoms with Crippen molar-refractivity contribution in [2.75, 3.05) is 4.90 Å². The zero-order valence-corrected chi connectivity index (χ0v) is 26.6. The molecule has 2 aliphatic rings. The van der Waals surface area contributed by atoms with Crippen molar-refractivity contribution in [3.05, 3.63) is 157 Å². The van der Waals surface area contributed by atoms with Gasteiger partial charge in [0.25, 0.3) is 0 Å². The lowest BCUT2D eigenvalue weighted by atomic mass is 9.89. The molecule has 0 saturated heterocycles. The average Bonchev–Trinajstić information content (AvgIpc) is 3.50. The van der Waals surface area contributed by atoms with E-state index in [1.165, 1.54) is 44.0 Å². The number of nitrogens with zero attached hydrogens (tertiary/aromatic N) is 3. The van der Waals surface area contributed by atoms with Gasteiger partial charge in [-0.15, -0.1) is 0 Å². The van der Waals surface area contributed by atoms with Gasteiger partial charge in [0, 0.05) is 38.2 Å². The van der Waals surface area contributed by atoms with Gasteiger partial charge in [0.2, 0.25) is 0 Å². The molecular formula is C41H24IN3O. The Hall–Kier alpha value is -5.40. The second kappa shape index (κ2) is 10.1. The standard InChI is InChI=1S/C41H24IN3O/c1-2-11-27(12-3-1)40-43-39(28-21-23-36-33(24-28)30-16-6-7-19-35(30)46-36)42-41(44-40)45-34-18-9-14-26-13-8-17-31(37(26)34)32-22-20-25-10-4-5-15-29(25)38(32)45/h1-24H. The Bertz CT molecular complexity index is 2640. The highest BCUT2D eigenvalue weighted by atomic mass is 127. The van der Waals surface area contributed by atoms with Crippen molar-refractivity contribution in [1.82, 2.24) is 0 Å². The third kappa shape index (κ3) is 3.88. The minimum Gasteiger partial charge on any atom is -0.456 e. The quantitative estimate of drug-likeness (QED) is 0.133. The third-order valence-electron chi connectivity index (χ3n) is 8.95. The summed E-state index contributed by atoms with van der Waals surface area (Å²) in [4.78, 5) is 13.2. The third-order valence-corrected chi connectivity index (χ3v) is 11.5. The van der Waals surface area contributed by atoms with Crippen LogP contribution in [0.2, 0.25) is 0 Å². The largest absolute Gasteiger partial charge is 0.456 e. The van der Waals surface area contributed by atoms with Gasteiger partial charge >= 0.3 is 0 Å². The van der Waals surface area contributed by atoms with Gasteiger partial charge in [-0.1, -0.05) is 115 Å². The summed E-state index contributed by atoms with van der Waals surface area (Å²) in [5, 5.41) is 7.15. The number of aliphatic imine (C=N–C) groups is 2. The normalized spacial score (nSPS) is 14.2. The molecule has 5 heteroatoms. The van der Waals surface area contributed by atoms with Gasteiger partial charge in [0.1, 0.15) is 14.8 Å². The number of amidine groups is 2. The van der Waals surface area contributed by atoms with Crippen molar-refractivity contribution in [2.45, 2.75) is 0 Å². The van der Waals surface area contributed by atoms with Crippen LogP contribution in [-0.4, -0.2) is 13.3 Å². The Labute approximate surface area is 274 Å². The van der Waals surface area contributed by atoms with Gasteiger partial charge in [0.15, 0.2) is 9.68 Å². The number of rotatable bonds is 2. The second-order valence-corrected chi connectivity index (χ2v) is 14.1. The summed E-state index contributed by atoms with van der Waals surface area (Å²) in [5.41, 5.74) is 8.75. The Morgan fingerprint density at radius 1 is 0.522 bits per heavy atom. The molecule has 1 aromatic heterocycles. The van der Waals surface area contributed by atoms with Crippen molar-refractivity contribution in [2.24, 2.45) is 9.98 Å². The molecule has 2 aliphatic heterocycles. The molecule has 0 atom stereocenters. The molecule has 216 valence electrons. The number of benzene rings is 7. The summed E-state index contributed by atoms with van der Waals surface area (Å²) in [6, 6.07) is 51.6. The van der Waals surface area contributed by atoms with Gasteiger partial charge in [-0.2, -0.15) is 0 Å². The maximum Gasteiger partial charge on any atom is 0.174 e. The molecular weight excluding hydrogens is 677 g/mol. The molecule has 46 heavy (non-hydrogen) atoms. The first kappa shape index (κ1) is 25.9. The molecule has 0 fully saturated rings. The molecule has 0 spiro atoms. The van der Waals surface area contributed by atoms with E-state index in [1.807, 2.05) is 18.2 Å². The minimum absolute atomic E-state index is 0.738. The van der Waals surface area contributed by atoms with Gasteiger partial charge < -0.3 is 4.42 Å². The van der Waals surface area contributed by atoms with E-state index in [1.54, 1.807) is 0 Å². The maximum absolute atomic E-state index is 6.18. The summed E-state index contributed by atoms with van der Waals surface area (Å²) in [6.45, 7) is 0. The van der Waals surface area contributed by atoms with Crippen molar-refractivity contribution in [3.63, 3.8) is 0 Å². The van der Waals surface area contributed by atoms with Crippen molar-refractivity contribution in [1.29, 1.82) is 0 Å². The molecule has 0 bridgehead atoms. The smallest absolute Gasteiger partial charge is 0.174 e. The fourth-order valence-electron chi connectivity index (χ4n) is 6.87. The SMILES string of the molecule is c1ccc(C2=NC(c3ccc4oc5ccccc5c4c3)=IC(N3c4c(ccc5ccccc45)-c4cccc5cccc3c45)=N2)cc1. The van der Waals surface area contributed by atoms with Crippen LogP contribution in [0.15, 0.2) is 160 Å². The fraction of sp³-hybridized carbons (Fsp3) is 0. The molecule has 0 saturated carbocycles. The van der Waals surface area contributed by atoms with E-state index in [0.29, 0.717) is 0 Å². The lowest BCUT2D eigenvalue weighted by molar-refractivity contribution is 0.669. The number of hydrogen-bond acceptors (Lipinski definition) is 4. The van der Waals surface area contributed by atoms with E-state index >= 15 is 0 Å². The highest BCUT2D eigenvalue weighted by Crippen LogP contribution is 2.51. The van der Waals surface area contributed by atoms with Crippen LogP contribution in [0.1, 0.15) is 11.1 Å². The second-order valence-electron chi connectivity index (χ2n) is 11.6. The van der Waals surface area contributed by atoms with Gasteiger partial charge in [0.05, 0.1) is 11.4 Å². The predicted molar refractivity (Wildman–Crippen MR) is 201 cm³/mol. The highest BCUT2D eigenvalue weighted by Gasteiger charge is 2.31. The number of furan rings is 1. The van der Waals surface area contributed by atoms with E-state index in [4.69, 9.17) is 14.4 Å². The van der Waals surface area contributed by atoms with Crippen LogP contribution in [0.5, 0.6) is 0 Å². The number of para-hydroxylation sites is 1. The average molecular weight is 702 g/mol. The van der Waals surface area contributed by atoms with Crippen molar-refractivity contribution >= 4 is 88.9 Å². The fourth-order valence-corrected chi connectivity index (χ4v) is 9.41. The predicted octanol–water partition coefficient (Wildman–Crippen LogP) is 11.0. The van der Waals surface area contributed by atoms with Crippen molar-refractivity contribution < 1.29 is 4.42 Å². The molecule has 7 aromatic carbocycles. The van der Waals surface area contributed by atoms with E-state index < -0.39 is 20.7 Å². The molecule has 3 heterocycles. The highest BCUT2D eigenvalue weighted by molar-refractivity contribution is 14.2. The van der Waals surface area contributed by atoms with Crippen LogP contribution in [0, 0.1) is 0 Å². The van der Waals surface area contributed by atoms with Crippen LogP contribution in [0.4, 0.5) is 11.4 Å². The number of fused-ring (bicyclic) bond motifs is 7. The molecule has 0 aliphatic carbocycles. The number of hydrogen-bond donors (Lipinski definition) is 0.